The average molecular weight is 431 g/mol. The van der Waals surface area contributed by atoms with Gasteiger partial charge in [-0.3, -0.25) is 4.79 Å². The van der Waals surface area contributed by atoms with E-state index in [1.165, 1.54) is 29.2 Å². The molecule has 0 spiro atoms. The van der Waals surface area contributed by atoms with Crippen molar-refractivity contribution in [1.29, 1.82) is 0 Å². The highest BCUT2D eigenvalue weighted by Gasteiger charge is 2.39. The van der Waals surface area contributed by atoms with E-state index in [4.69, 9.17) is 4.74 Å². The molecule has 1 aliphatic heterocycles. The third-order valence-corrected chi connectivity index (χ3v) is 5.05. The quantitative estimate of drug-likeness (QED) is 0.623. The van der Waals surface area contributed by atoms with Crippen LogP contribution in [-0.4, -0.2) is 22.4 Å². The first-order valence-electron chi connectivity index (χ1n) is 9.90. The number of carbonyl (C=O) groups is 2. The Morgan fingerprint density at radius 1 is 1.06 bits per heavy atom. The lowest BCUT2D eigenvalue weighted by Crippen LogP contribution is -2.39. The molecule has 0 fully saturated rings. The molecule has 31 heavy (non-hydrogen) atoms. The molecule has 0 aliphatic carbocycles. The van der Waals surface area contributed by atoms with Crippen molar-refractivity contribution in [3.63, 3.8) is 0 Å². The molecule has 1 atom stereocenters. The summed E-state index contributed by atoms with van der Waals surface area (Å²) in [7, 11) is 0. The summed E-state index contributed by atoms with van der Waals surface area (Å²) in [5.41, 5.74) is 0.255. The molecule has 1 unspecified atom stereocenters. The van der Waals surface area contributed by atoms with Gasteiger partial charge in [-0.1, -0.05) is 24.3 Å². The van der Waals surface area contributed by atoms with E-state index in [0.717, 1.165) is 12.1 Å². The molecule has 0 saturated carbocycles. The summed E-state index contributed by atoms with van der Waals surface area (Å²) in [4.78, 5) is 27.4. The molecular weight excluding hydrogens is 407 g/mol. The van der Waals surface area contributed by atoms with Gasteiger partial charge in [0.05, 0.1) is 12.1 Å². The highest BCUT2D eigenvalue weighted by molar-refractivity contribution is 5.96. The van der Waals surface area contributed by atoms with Gasteiger partial charge in [0.1, 0.15) is 11.4 Å². The van der Waals surface area contributed by atoms with Gasteiger partial charge >= 0.3 is 5.97 Å². The fourth-order valence-corrected chi connectivity index (χ4v) is 3.64. The first kappa shape index (κ1) is 22.6. The molecule has 1 heterocycles. The maximum atomic E-state index is 14.6. The summed E-state index contributed by atoms with van der Waals surface area (Å²) >= 11 is 0. The monoisotopic (exact) mass is 431 g/mol. The summed E-state index contributed by atoms with van der Waals surface area (Å²) < 4.78 is 47.0. The first-order chi connectivity index (χ1) is 14.5. The van der Waals surface area contributed by atoms with Crippen LogP contribution in [0.1, 0.15) is 51.2 Å². The van der Waals surface area contributed by atoms with Gasteiger partial charge in [-0.05, 0) is 57.0 Å². The number of hydrogen-bond acceptors (Lipinski definition) is 3. The van der Waals surface area contributed by atoms with Crippen molar-refractivity contribution >= 4 is 11.9 Å². The lowest BCUT2D eigenvalue weighted by atomic mass is 9.83. The van der Waals surface area contributed by atoms with Crippen molar-refractivity contribution in [2.45, 2.75) is 52.2 Å². The highest BCUT2D eigenvalue weighted by Crippen LogP contribution is 2.39. The SMILES string of the molecule is CC1=C(C(=O)OC(C)(C)C)C(c2ccccc2F)CC(=O)N1Cc1ccc(F)c(F)c1. The predicted molar refractivity (Wildman–Crippen MR) is 109 cm³/mol. The molecule has 0 bridgehead atoms. The Bertz CT molecular complexity index is 1060. The standard InChI is InChI=1S/C24H24F3NO3/c1-14-22(23(30)31-24(2,3)4)17(16-7-5-6-8-18(16)25)12-21(29)28(14)13-15-9-10-19(26)20(27)11-15/h5-11,17H,12-13H2,1-4H3. The average Bonchev–Trinajstić information content (AvgIpc) is 2.66. The van der Waals surface area contributed by atoms with Gasteiger partial charge in [0.2, 0.25) is 5.91 Å². The van der Waals surface area contributed by atoms with Crippen molar-refractivity contribution < 1.29 is 27.5 Å². The molecule has 4 nitrogen and oxygen atoms in total. The second-order valence-electron chi connectivity index (χ2n) is 8.51. The molecule has 0 N–H and O–H groups in total. The molecular formula is C24H24F3NO3. The number of esters is 1. The number of rotatable bonds is 4. The van der Waals surface area contributed by atoms with Crippen LogP contribution in [0.2, 0.25) is 0 Å². The van der Waals surface area contributed by atoms with E-state index in [2.05, 4.69) is 0 Å². The zero-order valence-corrected chi connectivity index (χ0v) is 17.8. The zero-order chi connectivity index (χ0) is 22.9. The van der Waals surface area contributed by atoms with E-state index in [9.17, 15) is 22.8 Å². The minimum absolute atomic E-state index is 0.0574. The van der Waals surface area contributed by atoms with E-state index in [1.54, 1.807) is 33.8 Å². The third kappa shape index (κ3) is 4.98. The lowest BCUT2D eigenvalue weighted by molar-refractivity contribution is -0.150. The molecule has 164 valence electrons. The van der Waals surface area contributed by atoms with Crippen LogP contribution in [0.15, 0.2) is 53.7 Å². The van der Waals surface area contributed by atoms with Crippen molar-refractivity contribution in [3.8, 4) is 0 Å². The molecule has 0 radical (unpaired) electrons. The molecule has 1 amide bonds. The molecule has 0 aromatic heterocycles. The predicted octanol–water partition coefficient (Wildman–Crippen LogP) is 5.24. The van der Waals surface area contributed by atoms with Crippen molar-refractivity contribution in [2.75, 3.05) is 0 Å². The van der Waals surface area contributed by atoms with Gasteiger partial charge in [0.25, 0.3) is 0 Å². The van der Waals surface area contributed by atoms with Crippen molar-refractivity contribution in [1.82, 2.24) is 4.90 Å². The number of ether oxygens (including phenoxy) is 1. The third-order valence-electron chi connectivity index (χ3n) is 5.05. The van der Waals surface area contributed by atoms with Gasteiger partial charge in [-0.2, -0.15) is 0 Å². The maximum absolute atomic E-state index is 14.6. The Balaban J connectivity index is 2.07. The maximum Gasteiger partial charge on any atom is 0.336 e. The second-order valence-corrected chi connectivity index (χ2v) is 8.51. The minimum Gasteiger partial charge on any atom is -0.457 e. The molecule has 7 heteroatoms. The summed E-state index contributed by atoms with van der Waals surface area (Å²) in [5.74, 6) is -4.37. The molecule has 2 aromatic carbocycles. The number of hydrogen-bond donors (Lipinski definition) is 0. The summed E-state index contributed by atoms with van der Waals surface area (Å²) in [6.45, 7) is 6.66. The van der Waals surface area contributed by atoms with E-state index >= 15 is 0 Å². The summed E-state index contributed by atoms with van der Waals surface area (Å²) in [6.07, 6.45) is -0.156. The topological polar surface area (TPSA) is 46.6 Å². The number of amides is 1. The number of allylic oxidation sites excluding steroid dienone is 1. The van der Waals surface area contributed by atoms with Gasteiger partial charge in [-0.15, -0.1) is 0 Å². The molecule has 0 saturated heterocycles. The van der Waals surface area contributed by atoms with Crippen LogP contribution in [0.4, 0.5) is 13.2 Å². The lowest BCUT2D eigenvalue weighted by Gasteiger charge is -2.35. The van der Waals surface area contributed by atoms with Crippen LogP contribution in [0.25, 0.3) is 0 Å². The molecule has 3 rings (SSSR count). The summed E-state index contributed by atoms with van der Waals surface area (Å²) in [5, 5.41) is 0. The Morgan fingerprint density at radius 3 is 2.35 bits per heavy atom. The number of benzene rings is 2. The van der Waals surface area contributed by atoms with Gasteiger partial charge in [0, 0.05) is 18.0 Å². The number of halogens is 3. The Hall–Kier alpha value is -3.09. The van der Waals surface area contributed by atoms with Crippen LogP contribution < -0.4 is 0 Å². The van der Waals surface area contributed by atoms with Crippen LogP contribution in [-0.2, 0) is 20.9 Å². The number of nitrogens with zero attached hydrogens (tertiary/aromatic N) is 1. The Kier molecular flexibility index (Phi) is 6.25. The van der Waals surface area contributed by atoms with Crippen molar-refractivity contribution in [3.05, 3.63) is 82.3 Å². The van der Waals surface area contributed by atoms with E-state index in [0.29, 0.717) is 11.3 Å². The van der Waals surface area contributed by atoms with Crippen LogP contribution >= 0.6 is 0 Å². The fraction of sp³-hybridized carbons (Fsp3) is 0.333. The zero-order valence-electron chi connectivity index (χ0n) is 17.8. The van der Waals surface area contributed by atoms with Crippen molar-refractivity contribution in [2.24, 2.45) is 0 Å². The van der Waals surface area contributed by atoms with Crippen LogP contribution in [0.5, 0.6) is 0 Å². The van der Waals surface area contributed by atoms with Crippen LogP contribution in [0.3, 0.4) is 0 Å². The first-order valence-corrected chi connectivity index (χ1v) is 9.90. The minimum atomic E-state index is -1.03. The van der Waals surface area contributed by atoms with Gasteiger partial charge < -0.3 is 9.64 Å². The second kappa shape index (κ2) is 8.57. The Morgan fingerprint density at radius 2 is 1.74 bits per heavy atom. The normalized spacial score (nSPS) is 17.2. The largest absolute Gasteiger partial charge is 0.457 e. The Labute approximate surface area is 179 Å². The van der Waals surface area contributed by atoms with E-state index in [1.807, 2.05) is 0 Å². The molecule has 1 aliphatic rings. The number of carbonyl (C=O) groups excluding carboxylic acids is 2. The van der Waals surface area contributed by atoms with Gasteiger partial charge in [0.15, 0.2) is 11.6 Å². The van der Waals surface area contributed by atoms with E-state index < -0.39 is 34.9 Å². The summed E-state index contributed by atoms with van der Waals surface area (Å²) in [6, 6.07) is 9.34. The van der Waals surface area contributed by atoms with Gasteiger partial charge in [-0.25, -0.2) is 18.0 Å². The fourth-order valence-electron chi connectivity index (χ4n) is 3.64. The van der Waals surface area contributed by atoms with E-state index in [-0.39, 0.29) is 30.0 Å². The van der Waals surface area contributed by atoms with Crippen LogP contribution in [0, 0.1) is 17.5 Å². The highest BCUT2D eigenvalue weighted by atomic mass is 19.2. The smallest absolute Gasteiger partial charge is 0.336 e. The molecule has 2 aromatic rings.